The summed E-state index contributed by atoms with van der Waals surface area (Å²) in [6.45, 7) is 10.8. The number of benzene rings is 1. The van der Waals surface area contributed by atoms with Gasteiger partial charge >= 0.3 is 0 Å². The van der Waals surface area contributed by atoms with Crippen LogP contribution in [0.25, 0.3) is 6.08 Å². The maximum absolute atomic E-state index is 3.92. The van der Waals surface area contributed by atoms with Crippen LogP contribution in [0.2, 0.25) is 0 Å². The van der Waals surface area contributed by atoms with Crippen molar-refractivity contribution < 1.29 is 0 Å². The summed E-state index contributed by atoms with van der Waals surface area (Å²) < 4.78 is 0. The van der Waals surface area contributed by atoms with Crippen molar-refractivity contribution in [1.29, 1.82) is 0 Å². The molecule has 1 saturated carbocycles. The van der Waals surface area contributed by atoms with Crippen LogP contribution in [0.1, 0.15) is 56.2 Å². The van der Waals surface area contributed by atoms with Crippen molar-refractivity contribution in [2.75, 3.05) is 0 Å². The van der Waals surface area contributed by atoms with E-state index in [1.165, 1.54) is 24.0 Å². The smallest absolute Gasteiger partial charge is 0.0129 e. The minimum atomic E-state index is 0.247. The largest absolute Gasteiger partial charge is 0.0985 e. The fourth-order valence-corrected chi connectivity index (χ4v) is 2.24. The summed E-state index contributed by atoms with van der Waals surface area (Å²) in [7, 11) is 0. The summed E-state index contributed by atoms with van der Waals surface area (Å²) in [4.78, 5) is 0. The fraction of sp³-hybridized carbons (Fsp3) is 0.467. The van der Waals surface area contributed by atoms with Gasteiger partial charge in [0.25, 0.3) is 0 Å². The van der Waals surface area contributed by atoms with Gasteiger partial charge in [0.05, 0.1) is 0 Å². The van der Waals surface area contributed by atoms with E-state index in [9.17, 15) is 0 Å². The van der Waals surface area contributed by atoms with Gasteiger partial charge in [-0.15, -0.1) is 0 Å². The third-order valence-electron chi connectivity index (χ3n) is 3.15. The van der Waals surface area contributed by atoms with Gasteiger partial charge in [-0.05, 0) is 40.9 Å². The van der Waals surface area contributed by atoms with Crippen LogP contribution in [0, 0.1) is 0 Å². The molecule has 0 aliphatic heterocycles. The molecule has 1 aromatic rings. The summed E-state index contributed by atoms with van der Waals surface area (Å²) in [5.41, 5.74) is 4.64. The molecule has 0 unspecified atom stereocenters. The van der Waals surface area contributed by atoms with Crippen molar-refractivity contribution in [2.45, 2.75) is 44.9 Å². The van der Waals surface area contributed by atoms with E-state index in [2.05, 4.69) is 45.5 Å². The molecule has 0 N–H and O–H groups in total. The minimum Gasteiger partial charge on any atom is -0.0985 e. The van der Waals surface area contributed by atoms with Crippen LogP contribution in [0.3, 0.4) is 0 Å². The summed E-state index contributed by atoms with van der Waals surface area (Å²) in [5, 5.41) is 0. The molecule has 2 rings (SSSR count). The Bertz CT molecular complexity index is 376. The molecule has 0 heteroatoms. The van der Waals surface area contributed by atoms with Crippen LogP contribution in [0.15, 0.2) is 24.8 Å². The molecule has 15 heavy (non-hydrogen) atoms. The molecule has 0 amide bonds. The lowest BCUT2D eigenvalue weighted by atomic mass is 9.80. The SMILES string of the molecule is C=Cc1cccc(C(C)(C)C)c1C1CC1. The molecule has 0 saturated heterocycles. The molecule has 0 heterocycles. The highest BCUT2D eigenvalue weighted by Crippen LogP contribution is 2.46. The summed E-state index contributed by atoms with van der Waals surface area (Å²) in [6, 6.07) is 6.63. The van der Waals surface area contributed by atoms with Crippen LogP contribution < -0.4 is 0 Å². The Morgan fingerprint density at radius 1 is 1.27 bits per heavy atom. The molecule has 1 fully saturated rings. The number of rotatable bonds is 2. The zero-order chi connectivity index (χ0) is 11.1. The third kappa shape index (κ3) is 1.99. The molecule has 1 aliphatic carbocycles. The van der Waals surface area contributed by atoms with Crippen molar-refractivity contribution in [3.05, 3.63) is 41.5 Å². The minimum absolute atomic E-state index is 0.247. The maximum Gasteiger partial charge on any atom is -0.0129 e. The van der Waals surface area contributed by atoms with E-state index in [0.29, 0.717) is 0 Å². The van der Waals surface area contributed by atoms with E-state index < -0.39 is 0 Å². The van der Waals surface area contributed by atoms with Crippen LogP contribution in [-0.4, -0.2) is 0 Å². The number of hydrogen-bond donors (Lipinski definition) is 0. The molecule has 0 spiro atoms. The molecule has 0 atom stereocenters. The van der Waals surface area contributed by atoms with Gasteiger partial charge in [-0.2, -0.15) is 0 Å². The zero-order valence-electron chi connectivity index (χ0n) is 10.0. The highest BCUT2D eigenvalue weighted by atomic mass is 14.3. The van der Waals surface area contributed by atoms with E-state index >= 15 is 0 Å². The van der Waals surface area contributed by atoms with Gasteiger partial charge in [0, 0.05) is 0 Å². The van der Waals surface area contributed by atoms with Crippen LogP contribution >= 0.6 is 0 Å². The Labute approximate surface area is 93.0 Å². The first-order chi connectivity index (χ1) is 7.04. The molecule has 80 valence electrons. The molecule has 1 aromatic carbocycles. The van der Waals surface area contributed by atoms with Crippen LogP contribution in [-0.2, 0) is 5.41 Å². The molecular formula is C15H20. The predicted octanol–water partition coefficient (Wildman–Crippen LogP) is 4.50. The van der Waals surface area contributed by atoms with Gasteiger partial charge in [0.15, 0.2) is 0 Å². The maximum atomic E-state index is 3.92. The van der Waals surface area contributed by atoms with E-state index in [4.69, 9.17) is 0 Å². The average Bonchev–Trinajstić information content (AvgIpc) is 2.98. The predicted molar refractivity (Wildman–Crippen MR) is 67.2 cm³/mol. The lowest BCUT2D eigenvalue weighted by Gasteiger charge is -2.24. The summed E-state index contributed by atoms with van der Waals surface area (Å²) in [5.74, 6) is 0.799. The van der Waals surface area contributed by atoms with Crippen LogP contribution in [0.5, 0.6) is 0 Å². The highest BCUT2D eigenvalue weighted by molar-refractivity contribution is 5.58. The Morgan fingerprint density at radius 2 is 1.93 bits per heavy atom. The van der Waals surface area contributed by atoms with Crippen LogP contribution in [0.4, 0.5) is 0 Å². The molecule has 0 aromatic heterocycles. The second kappa shape index (κ2) is 3.52. The standard InChI is InChI=1S/C15H20/c1-5-11-7-6-8-13(15(2,3)4)14(11)12-9-10-12/h5-8,12H,1,9-10H2,2-4H3. The first kappa shape index (κ1) is 10.5. The summed E-state index contributed by atoms with van der Waals surface area (Å²) in [6.07, 6.45) is 4.71. The van der Waals surface area contributed by atoms with Gasteiger partial charge < -0.3 is 0 Å². The lowest BCUT2D eigenvalue weighted by molar-refractivity contribution is 0.582. The van der Waals surface area contributed by atoms with Crippen molar-refractivity contribution in [3.8, 4) is 0 Å². The molecule has 1 aliphatic rings. The fourth-order valence-electron chi connectivity index (χ4n) is 2.24. The van der Waals surface area contributed by atoms with E-state index in [1.54, 1.807) is 5.56 Å². The Kier molecular flexibility index (Phi) is 2.46. The van der Waals surface area contributed by atoms with Gasteiger partial charge in [0.1, 0.15) is 0 Å². The second-order valence-corrected chi connectivity index (χ2v) is 5.54. The van der Waals surface area contributed by atoms with Crippen molar-refractivity contribution in [1.82, 2.24) is 0 Å². The first-order valence-electron chi connectivity index (χ1n) is 5.80. The molecule has 0 nitrogen and oxygen atoms in total. The zero-order valence-corrected chi connectivity index (χ0v) is 10.0. The van der Waals surface area contributed by atoms with E-state index in [1.807, 2.05) is 6.08 Å². The Hall–Kier alpha value is -1.04. The normalized spacial score (nSPS) is 16.5. The second-order valence-electron chi connectivity index (χ2n) is 5.54. The first-order valence-corrected chi connectivity index (χ1v) is 5.80. The molecular weight excluding hydrogens is 180 g/mol. The molecule has 0 bridgehead atoms. The van der Waals surface area contributed by atoms with E-state index in [-0.39, 0.29) is 5.41 Å². The lowest BCUT2D eigenvalue weighted by Crippen LogP contribution is -2.14. The van der Waals surface area contributed by atoms with E-state index in [0.717, 1.165) is 5.92 Å². The average molecular weight is 200 g/mol. The highest BCUT2D eigenvalue weighted by Gasteiger charge is 2.30. The Morgan fingerprint density at radius 3 is 2.40 bits per heavy atom. The topological polar surface area (TPSA) is 0 Å². The van der Waals surface area contributed by atoms with Gasteiger partial charge in [-0.3, -0.25) is 0 Å². The van der Waals surface area contributed by atoms with Crippen molar-refractivity contribution >= 4 is 6.08 Å². The molecule has 0 radical (unpaired) electrons. The Balaban J connectivity index is 2.58. The van der Waals surface area contributed by atoms with Gasteiger partial charge in [-0.25, -0.2) is 0 Å². The summed E-state index contributed by atoms with van der Waals surface area (Å²) >= 11 is 0. The van der Waals surface area contributed by atoms with Crippen molar-refractivity contribution in [2.24, 2.45) is 0 Å². The number of hydrogen-bond acceptors (Lipinski definition) is 0. The monoisotopic (exact) mass is 200 g/mol. The quantitative estimate of drug-likeness (QED) is 0.659. The van der Waals surface area contributed by atoms with Crippen molar-refractivity contribution in [3.63, 3.8) is 0 Å². The van der Waals surface area contributed by atoms with Gasteiger partial charge in [-0.1, -0.05) is 51.6 Å². The third-order valence-corrected chi connectivity index (χ3v) is 3.15. The van der Waals surface area contributed by atoms with Gasteiger partial charge in [0.2, 0.25) is 0 Å².